The molecule has 3 heterocycles. The summed E-state index contributed by atoms with van der Waals surface area (Å²) in [4.78, 5) is 12.8. The number of fused-ring (bicyclic) bond motifs is 1. The van der Waals surface area contributed by atoms with Gasteiger partial charge in [0.25, 0.3) is 0 Å². The highest BCUT2D eigenvalue weighted by molar-refractivity contribution is 7.17. The van der Waals surface area contributed by atoms with E-state index >= 15 is 0 Å². The van der Waals surface area contributed by atoms with E-state index in [1.165, 1.54) is 0 Å². The van der Waals surface area contributed by atoms with Crippen molar-refractivity contribution in [2.45, 2.75) is 30.8 Å². The molecule has 1 saturated carbocycles. The quantitative estimate of drug-likeness (QED) is 0.766. The van der Waals surface area contributed by atoms with E-state index in [4.69, 9.17) is 15.2 Å². The van der Waals surface area contributed by atoms with Crippen molar-refractivity contribution in [3.05, 3.63) is 41.5 Å². The Bertz CT molecular complexity index is 1010. The van der Waals surface area contributed by atoms with E-state index in [9.17, 15) is 5.11 Å². The average molecular weight is 362 g/mol. The number of hydrogen-bond acceptors (Lipinski definition) is 6. The Kier molecular flexibility index (Phi) is 3.49. The van der Waals surface area contributed by atoms with Crippen molar-refractivity contribution in [1.82, 2.24) is 9.97 Å². The van der Waals surface area contributed by atoms with Gasteiger partial charge in [0.15, 0.2) is 0 Å². The second kappa shape index (κ2) is 5.76. The van der Waals surface area contributed by atoms with Crippen molar-refractivity contribution >= 4 is 27.4 Å². The third-order valence-electron chi connectivity index (χ3n) is 5.14. The summed E-state index contributed by atoms with van der Waals surface area (Å²) in [6, 6.07) is 12.4. The van der Waals surface area contributed by atoms with Crippen LogP contribution in [0.3, 0.4) is 0 Å². The Morgan fingerprint density at radius 3 is 2.69 bits per heavy atom. The molecule has 1 saturated heterocycles. The molecule has 0 spiro atoms. The number of nitrogens with zero attached hydrogens (tertiary/aromatic N) is 4. The normalized spacial score (nSPS) is 18.5. The van der Waals surface area contributed by atoms with Gasteiger partial charge < -0.3 is 10.0 Å². The standard InChI is InChI=1S/C20H18N4OS/c21-9-8-20(25)11-24(12-20)18-16-15(13-4-2-1-3-5-13)10-26-19(16)23-17(22-18)14-6-7-14/h1-5,10,14,25H,6-8,11-12H2. The lowest BCUT2D eigenvalue weighted by atomic mass is 9.90. The Morgan fingerprint density at radius 2 is 2.00 bits per heavy atom. The summed E-state index contributed by atoms with van der Waals surface area (Å²) in [5.41, 5.74) is 1.36. The number of rotatable bonds is 4. The van der Waals surface area contributed by atoms with Crippen LogP contribution < -0.4 is 4.90 Å². The molecule has 0 unspecified atom stereocenters. The highest BCUT2D eigenvalue weighted by Crippen LogP contribution is 2.45. The zero-order chi connectivity index (χ0) is 17.7. The molecule has 1 aromatic carbocycles. The lowest BCUT2D eigenvalue weighted by molar-refractivity contribution is 0.0163. The van der Waals surface area contributed by atoms with Crippen LogP contribution in [0.1, 0.15) is 31.0 Å². The topological polar surface area (TPSA) is 73.0 Å². The van der Waals surface area contributed by atoms with Gasteiger partial charge in [-0.2, -0.15) is 5.26 Å². The minimum absolute atomic E-state index is 0.155. The second-order valence-electron chi connectivity index (χ2n) is 7.29. The summed E-state index contributed by atoms with van der Waals surface area (Å²) in [5, 5.41) is 22.6. The average Bonchev–Trinajstić information content (AvgIpc) is 3.39. The van der Waals surface area contributed by atoms with E-state index < -0.39 is 5.60 Å². The fourth-order valence-corrected chi connectivity index (χ4v) is 4.54. The van der Waals surface area contributed by atoms with Crippen molar-refractivity contribution in [1.29, 1.82) is 5.26 Å². The number of aliphatic hydroxyl groups is 1. The first kappa shape index (κ1) is 15.7. The fraction of sp³-hybridized carbons (Fsp3) is 0.350. The van der Waals surface area contributed by atoms with Gasteiger partial charge in [0.05, 0.1) is 31.0 Å². The predicted octanol–water partition coefficient (Wildman–Crippen LogP) is 3.70. The molecule has 1 aliphatic carbocycles. The fourth-order valence-electron chi connectivity index (χ4n) is 3.60. The first-order chi connectivity index (χ1) is 12.7. The van der Waals surface area contributed by atoms with Crippen molar-refractivity contribution in [2.75, 3.05) is 18.0 Å². The van der Waals surface area contributed by atoms with Crippen LogP contribution in [0.4, 0.5) is 5.82 Å². The Morgan fingerprint density at radius 1 is 1.23 bits per heavy atom. The number of benzene rings is 1. The maximum Gasteiger partial charge on any atom is 0.141 e. The molecule has 3 aromatic rings. The summed E-state index contributed by atoms with van der Waals surface area (Å²) >= 11 is 1.65. The van der Waals surface area contributed by atoms with E-state index in [1.54, 1.807) is 11.3 Å². The van der Waals surface area contributed by atoms with Crippen LogP contribution in [0.25, 0.3) is 21.3 Å². The summed E-state index contributed by atoms with van der Waals surface area (Å²) < 4.78 is 0. The molecular weight excluding hydrogens is 344 g/mol. The lowest BCUT2D eigenvalue weighted by Crippen LogP contribution is -2.62. The predicted molar refractivity (Wildman–Crippen MR) is 102 cm³/mol. The van der Waals surface area contributed by atoms with Gasteiger partial charge in [-0.05, 0) is 18.4 Å². The van der Waals surface area contributed by atoms with Gasteiger partial charge in [-0.15, -0.1) is 11.3 Å². The first-order valence-electron chi connectivity index (χ1n) is 8.86. The van der Waals surface area contributed by atoms with Gasteiger partial charge in [0, 0.05) is 16.9 Å². The van der Waals surface area contributed by atoms with E-state index in [1.807, 2.05) is 18.2 Å². The van der Waals surface area contributed by atoms with E-state index in [-0.39, 0.29) is 6.42 Å². The first-order valence-corrected chi connectivity index (χ1v) is 9.74. The number of β-amino-alcohol motifs (C(OH)–C–C–N with tert-alkyl or cyclic N) is 1. The summed E-state index contributed by atoms with van der Waals surface area (Å²) in [6.45, 7) is 0.891. The van der Waals surface area contributed by atoms with Crippen molar-refractivity contribution in [3.8, 4) is 17.2 Å². The Balaban J connectivity index is 1.63. The molecular formula is C20H18N4OS. The smallest absolute Gasteiger partial charge is 0.141 e. The molecule has 26 heavy (non-hydrogen) atoms. The van der Waals surface area contributed by atoms with Crippen LogP contribution >= 0.6 is 11.3 Å². The number of anilines is 1. The van der Waals surface area contributed by atoms with Crippen LogP contribution in [0, 0.1) is 11.3 Å². The zero-order valence-electron chi connectivity index (χ0n) is 14.2. The third kappa shape index (κ3) is 2.56. The minimum atomic E-state index is -0.922. The molecule has 0 atom stereocenters. The number of hydrogen-bond donors (Lipinski definition) is 1. The number of aromatic nitrogens is 2. The van der Waals surface area contributed by atoms with Gasteiger partial charge in [0.1, 0.15) is 22.1 Å². The van der Waals surface area contributed by atoms with E-state index in [0.29, 0.717) is 19.0 Å². The van der Waals surface area contributed by atoms with E-state index in [2.05, 4.69) is 28.5 Å². The Labute approximate surface area is 155 Å². The molecule has 1 aliphatic heterocycles. The number of thiophene rings is 1. The SMILES string of the molecule is N#CCC1(O)CN(c2nc(C3CC3)nc3scc(-c4ccccc4)c23)C1. The molecule has 0 radical (unpaired) electrons. The number of nitriles is 1. The summed E-state index contributed by atoms with van der Waals surface area (Å²) in [7, 11) is 0. The molecule has 5 rings (SSSR count). The molecule has 2 fully saturated rings. The third-order valence-corrected chi connectivity index (χ3v) is 6.01. The lowest BCUT2D eigenvalue weighted by Gasteiger charge is -2.46. The zero-order valence-corrected chi connectivity index (χ0v) is 15.0. The van der Waals surface area contributed by atoms with Crippen molar-refractivity contribution in [3.63, 3.8) is 0 Å². The van der Waals surface area contributed by atoms with Gasteiger partial charge in [-0.3, -0.25) is 0 Å². The van der Waals surface area contributed by atoms with Crippen molar-refractivity contribution < 1.29 is 5.11 Å². The van der Waals surface area contributed by atoms with E-state index in [0.717, 1.165) is 45.8 Å². The molecule has 6 heteroatoms. The molecule has 0 amide bonds. The van der Waals surface area contributed by atoms with Crippen LogP contribution in [0.15, 0.2) is 35.7 Å². The monoisotopic (exact) mass is 362 g/mol. The molecule has 2 aromatic heterocycles. The minimum Gasteiger partial charge on any atom is -0.385 e. The second-order valence-corrected chi connectivity index (χ2v) is 8.15. The van der Waals surface area contributed by atoms with Gasteiger partial charge in [-0.1, -0.05) is 30.3 Å². The Hall–Kier alpha value is -2.49. The maximum absolute atomic E-state index is 10.4. The molecule has 0 bridgehead atoms. The van der Waals surface area contributed by atoms with Crippen molar-refractivity contribution in [2.24, 2.45) is 0 Å². The summed E-state index contributed by atoms with van der Waals surface area (Å²) in [5.74, 6) is 2.30. The molecule has 130 valence electrons. The van der Waals surface area contributed by atoms with Crippen LogP contribution in [-0.4, -0.2) is 33.8 Å². The van der Waals surface area contributed by atoms with Crippen LogP contribution in [0.2, 0.25) is 0 Å². The highest BCUT2D eigenvalue weighted by Gasteiger charge is 2.43. The maximum atomic E-state index is 10.4. The van der Waals surface area contributed by atoms with Gasteiger partial charge in [-0.25, -0.2) is 9.97 Å². The van der Waals surface area contributed by atoms with Gasteiger partial charge >= 0.3 is 0 Å². The van der Waals surface area contributed by atoms with Crippen LogP contribution in [-0.2, 0) is 0 Å². The molecule has 2 aliphatic rings. The largest absolute Gasteiger partial charge is 0.385 e. The highest BCUT2D eigenvalue weighted by atomic mass is 32.1. The van der Waals surface area contributed by atoms with Crippen LogP contribution in [0.5, 0.6) is 0 Å². The molecule has 5 nitrogen and oxygen atoms in total. The van der Waals surface area contributed by atoms with Gasteiger partial charge in [0.2, 0.25) is 0 Å². The summed E-state index contributed by atoms with van der Waals surface area (Å²) in [6.07, 6.45) is 2.46. The molecule has 1 N–H and O–H groups in total.